The van der Waals surface area contributed by atoms with Crippen molar-refractivity contribution in [1.82, 2.24) is 4.90 Å². The van der Waals surface area contributed by atoms with Crippen LogP contribution in [-0.4, -0.2) is 43.8 Å². The van der Waals surface area contributed by atoms with Crippen LogP contribution in [0.15, 0.2) is 24.3 Å². The molecule has 106 valence electrons. The highest BCUT2D eigenvalue weighted by atomic mass is 28.4. The molecule has 0 unspecified atom stereocenters. The van der Waals surface area contributed by atoms with Crippen LogP contribution in [0.2, 0.25) is 12.1 Å². The summed E-state index contributed by atoms with van der Waals surface area (Å²) in [6, 6.07) is 9.46. The zero-order chi connectivity index (χ0) is 13.9. The lowest BCUT2D eigenvalue weighted by atomic mass is 10.1. The maximum Gasteiger partial charge on any atom is 0.197 e. The predicted molar refractivity (Wildman–Crippen MR) is 80.8 cm³/mol. The van der Waals surface area contributed by atoms with Crippen molar-refractivity contribution in [1.29, 1.82) is 0 Å². The summed E-state index contributed by atoms with van der Waals surface area (Å²) in [6.45, 7) is 0.896. The van der Waals surface area contributed by atoms with Gasteiger partial charge in [0.1, 0.15) is 5.75 Å². The fourth-order valence-electron chi connectivity index (χ4n) is 3.17. The molecule has 1 aliphatic heterocycles. The quantitative estimate of drug-likeness (QED) is 0.833. The second-order valence-corrected chi connectivity index (χ2v) is 9.97. The Morgan fingerprint density at radius 1 is 1.11 bits per heavy atom. The Morgan fingerprint density at radius 2 is 1.68 bits per heavy atom. The van der Waals surface area contributed by atoms with E-state index in [-0.39, 0.29) is 5.54 Å². The van der Waals surface area contributed by atoms with E-state index in [1.54, 1.807) is 12.1 Å². The van der Waals surface area contributed by atoms with Crippen LogP contribution in [-0.2, 0) is 0 Å². The third-order valence-electron chi connectivity index (χ3n) is 4.21. The molecule has 0 spiro atoms. The average Bonchev–Trinajstić information content (AvgIpc) is 2.38. The van der Waals surface area contributed by atoms with E-state index in [4.69, 9.17) is 0 Å². The van der Waals surface area contributed by atoms with Gasteiger partial charge in [0.2, 0.25) is 0 Å². The summed E-state index contributed by atoms with van der Waals surface area (Å²) in [5.41, 5.74) is 1.44. The number of hydrogen-bond acceptors (Lipinski definition) is 3. The fourth-order valence-corrected chi connectivity index (χ4v) is 7.36. The molecular formula is C15H25NO2Si. The molecule has 1 aromatic carbocycles. The largest absolute Gasteiger partial charge is 0.508 e. The van der Waals surface area contributed by atoms with Crippen molar-refractivity contribution < 1.29 is 9.90 Å². The van der Waals surface area contributed by atoms with Crippen LogP contribution in [0.25, 0.3) is 0 Å². The van der Waals surface area contributed by atoms with E-state index in [0.29, 0.717) is 5.75 Å². The van der Waals surface area contributed by atoms with Gasteiger partial charge in [-0.25, -0.2) is 0 Å². The molecule has 19 heavy (non-hydrogen) atoms. The predicted octanol–water partition coefficient (Wildman–Crippen LogP) is 2.70. The molecule has 1 aromatic rings. The van der Waals surface area contributed by atoms with E-state index in [1.807, 2.05) is 12.1 Å². The first kappa shape index (κ1) is 14.6. The van der Waals surface area contributed by atoms with Gasteiger partial charge in [-0.2, -0.15) is 0 Å². The zero-order valence-electron chi connectivity index (χ0n) is 12.0. The van der Waals surface area contributed by atoms with Gasteiger partial charge >= 0.3 is 0 Å². The van der Waals surface area contributed by atoms with Crippen LogP contribution < -0.4 is 0 Å². The molecule has 1 atom stereocenters. The van der Waals surface area contributed by atoms with Gasteiger partial charge in [0.05, 0.1) is 0 Å². The molecule has 2 rings (SSSR count). The number of phenolic OH excluding ortho intramolecular Hbond substituents is 1. The van der Waals surface area contributed by atoms with Crippen LogP contribution in [0.1, 0.15) is 30.4 Å². The number of likely N-dealkylation sites (N-methyl/N-ethyl adjacent to an activating group) is 1. The van der Waals surface area contributed by atoms with Gasteiger partial charge in [-0.1, -0.05) is 31.4 Å². The molecule has 4 heteroatoms. The van der Waals surface area contributed by atoms with Crippen molar-refractivity contribution in [3.8, 4) is 5.75 Å². The molecule has 0 aromatic heterocycles. The minimum absolute atomic E-state index is 0.253. The monoisotopic (exact) mass is 279 g/mol. The Balaban J connectivity index is 2.26. The summed E-state index contributed by atoms with van der Waals surface area (Å²) in [6.07, 6.45) is 3.61. The smallest absolute Gasteiger partial charge is 0.197 e. The highest BCUT2D eigenvalue weighted by Gasteiger charge is 2.41. The Hall–Kier alpha value is -0.843. The van der Waals surface area contributed by atoms with E-state index in [0.717, 1.165) is 18.6 Å². The second-order valence-electron chi connectivity index (χ2n) is 6.07. The van der Waals surface area contributed by atoms with Gasteiger partial charge in [0.15, 0.2) is 8.32 Å². The molecule has 2 N–H and O–H groups in total. The van der Waals surface area contributed by atoms with Gasteiger partial charge in [0, 0.05) is 12.1 Å². The van der Waals surface area contributed by atoms with Crippen molar-refractivity contribution in [2.45, 2.75) is 36.9 Å². The van der Waals surface area contributed by atoms with Gasteiger partial charge < -0.3 is 14.8 Å². The number of aromatic hydroxyl groups is 1. The van der Waals surface area contributed by atoms with Crippen molar-refractivity contribution in [3.05, 3.63) is 29.8 Å². The van der Waals surface area contributed by atoms with Crippen LogP contribution in [0, 0.1) is 0 Å². The van der Waals surface area contributed by atoms with E-state index >= 15 is 0 Å². The first-order valence-electron chi connectivity index (χ1n) is 7.17. The minimum atomic E-state index is -2.21. The van der Waals surface area contributed by atoms with E-state index in [9.17, 15) is 9.90 Å². The summed E-state index contributed by atoms with van der Waals surface area (Å²) < 4.78 is 0. The maximum atomic E-state index is 11.2. The molecule has 0 aliphatic carbocycles. The van der Waals surface area contributed by atoms with E-state index < -0.39 is 8.32 Å². The van der Waals surface area contributed by atoms with Crippen molar-refractivity contribution in [3.63, 3.8) is 0 Å². The lowest BCUT2D eigenvalue weighted by molar-refractivity contribution is 0.374. The number of phenols is 1. The van der Waals surface area contributed by atoms with Crippen LogP contribution >= 0.6 is 0 Å². The first-order valence-corrected chi connectivity index (χ1v) is 9.61. The topological polar surface area (TPSA) is 43.7 Å². The third-order valence-corrected chi connectivity index (χ3v) is 8.46. The SMILES string of the molecule is CN(C)C[C@H](c1ccc(O)cc1)[Si]1(O)CCCCC1. The zero-order valence-corrected chi connectivity index (χ0v) is 13.0. The molecule has 1 fully saturated rings. The summed E-state index contributed by atoms with van der Waals surface area (Å²) in [7, 11) is 1.92. The lowest BCUT2D eigenvalue weighted by Crippen LogP contribution is -2.47. The summed E-state index contributed by atoms with van der Waals surface area (Å²) in [5.74, 6) is 0.296. The first-order chi connectivity index (χ1) is 9.01. The Labute approximate surface area is 117 Å². The Morgan fingerprint density at radius 3 is 2.21 bits per heavy atom. The summed E-state index contributed by atoms with van der Waals surface area (Å²) in [5, 5.41) is 9.43. The standard InChI is InChI=1S/C15H25NO2Si/c1-16(2)12-15(13-6-8-14(17)9-7-13)19(18)10-4-3-5-11-19/h6-9,15,17-18H,3-5,10-12H2,1-2H3/t15-/m1/s1. The summed E-state index contributed by atoms with van der Waals surface area (Å²) >= 11 is 0. The van der Waals surface area contributed by atoms with Crippen LogP contribution in [0.3, 0.4) is 0 Å². The van der Waals surface area contributed by atoms with Crippen LogP contribution in [0.4, 0.5) is 0 Å². The maximum absolute atomic E-state index is 11.2. The van der Waals surface area contributed by atoms with E-state index in [1.165, 1.54) is 24.8 Å². The number of nitrogens with zero attached hydrogens (tertiary/aromatic N) is 1. The van der Waals surface area contributed by atoms with Gasteiger partial charge in [0.25, 0.3) is 0 Å². The number of benzene rings is 1. The highest BCUT2D eigenvalue weighted by Crippen LogP contribution is 2.38. The van der Waals surface area contributed by atoms with Gasteiger partial charge in [-0.15, -0.1) is 0 Å². The highest BCUT2D eigenvalue weighted by molar-refractivity contribution is 6.74. The fraction of sp³-hybridized carbons (Fsp3) is 0.600. The van der Waals surface area contributed by atoms with Crippen molar-refractivity contribution in [2.24, 2.45) is 0 Å². The third kappa shape index (κ3) is 3.59. The van der Waals surface area contributed by atoms with Crippen molar-refractivity contribution >= 4 is 8.32 Å². The van der Waals surface area contributed by atoms with Crippen molar-refractivity contribution in [2.75, 3.05) is 20.6 Å². The molecule has 0 bridgehead atoms. The van der Waals surface area contributed by atoms with Crippen LogP contribution in [0.5, 0.6) is 5.75 Å². The lowest BCUT2D eigenvalue weighted by Gasteiger charge is -2.38. The molecular weight excluding hydrogens is 254 g/mol. The Bertz CT molecular complexity index is 399. The summed E-state index contributed by atoms with van der Waals surface area (Å²) in [4.78, 5) is 13.3. The van der Waals surface area contributed by atoms with E-state index in [2.05, 4.69) is 19.0 Å². The minimum Gasteiger partial charge on any atom is -0.508 e. The number of rotatable bonds is 4. The normalized spacial score (nSPS) is 20.4. The second kappa shape index (κ2) is 6.07. The van der Waals surface area contributed by atoms with Gasteiger partial charge in [-0.05, 0) is 43.9 Å². The molecule has 3 nitrogen and oxygen atoms in total. The molecule has 1 aliphatic rings. The Kier molecular flexibility index (Phi) is 4.65. The molecule has 1 heterocycles. The molecule has 0 radical (unpaired) electrons. The molecule has 1 saturated heterocycles. The average molecular weight is 279 g/mol. The molecule has 0 amide bonds. The van der Waals surface area contributed by atoms with Gasteiger partial charge in [-0.3, -0.25) is 0 Å². The molecule has 0 saturated carbocycles. The number of hydrogen-bond donors (Lipinski definition) is 2.